The highest BCUT2D eigenvalue weighted by Gasteiger charge is 2.14. The molecular formula is C9H13NO2S. The smallest absolute Gasteiger partial charge is 0.306 e. The van der Waals surface area contributed by atoms with Crippen LogP contribution in [-0.2, 0) is 11.2 Å². The van der Waals surface area contributed by atoms with Crippen molar-refractivity contribution < 1.29 is 9.90 Å². The summed E-state index contributed by atoms with van der Waals surface area (Å²) >= 11 is 1.59. The second-order valence-electron chi connectivity index (χ2n) is 3.19. The van der Waals surface area contributed by atoms with Gasteiger partial charge in [0, 0.05) is 11.3 Å². The van der Waals surface area contributed by atoms with Gasteiger partial charge in [0.1, 0.15) is 0 Å². The normalized spacial score (nSPS) is 12.8. The Kier molecular flexibility index (Phi) is 3.03. The number of rotatable bonds is 3. The molecule has 13 heavy (non-hydrogen) atoms. The fourth-order valence-corrected chi connectivity index (χ4v) is 2.04. The molecule has 1 aromatic rings. The predicted molar refractivity (Wildman–Crippen MR) is 52.1 cm³/mol. The Morgan fingerprint density at radius 1 is 1.62 bits per heavy atom. The minimum absolute atomic E-state index is 0.343. The Bertz CT molecular complexity index is 300. The molecule has 0 saturated carbocycles. The van der Waals surface area contributed by atoms with Gasteiger partial charge >= 0.3 is 5.97 Å². The van der Waals surface area contributed by atoms with Gasteiger partial charge in [-0.25, -0.2) is 4.98 Å². The van der Waals surface area contributed by atoms with Crippen LogP contribution in [0.1, 0.15) is 22.5 Å². The van der Waals surface area contributed by atoms with Gasteiger partial charge in [0.25, 0.3) is 0 Å². The van der Waals surface area contributed by atoms with Crippen LogP contribution in [0.25, 0.3) is 0 Å². The third-order valence-corrected chi connectivity index (χ3v) is 3.07. The largest absolute Gasteiger partial charge is 0.481 e. The zero-order valence-electron chi connectivity index (χ0n) is 8.00. The number of carboxylic acid groups (broad SMARTS) is 1. The van der Waals surface area contributed by atoms with E-state index >= 15 is 0 Å². The summed E-state index contributed by atoms with van der Waals surface area (Å²) in [5.74, 6) is -1.10. The van der Waals surface area contributed by atoms with Crippen LogP contribution in [0.5, 0.6) is 0 Å². The molecule has 1 rings (SSSR count). The Morgan fingerprint density at radius 2 is 2.23 bits per heavy atom. The van der Waals surface area contributed by atoms with E-state index in [-0.39, 0.29) is 5.92 Å². The number of thiazole rings is 1. The zero-order valence-corrected chi connectivity index (χ0v) is 8.81. The molecule has 0 saturated heterocycles. The molecule has 0 fully saturated rings. The Hall–Kier alpha value is -0.900. The lowest BCUT2D eigenvalue weighted by Crippen LogP contribution is -2.11. The molecule has 1 unspecified atom stereocenters. The van der Waals surface area contributed by atoms with Crippen LogP contribution in [0.2, 0.25) is 0 Å². The van der Waals surface area contributed by atoms with Crippen LogP contribution in [0, 0.1) is 19.8 Å². The Balaban J connectivity index is 2.69. The molecule has 0 spiro atoms. The number of aromatic nitrogens is 1. The molecule has 3 nitrogen and oxygen atoms in total. The molecule has 1 heterocycles. The van der Waals surface area contributed by atoms with E-state index in [2.05, 4.69) is 4.98 Å². The monoisotopic (exact) mass is 199 g/mol. The number of carbonyl (C=O) groups is 1. The minimum Gasteiger partial charge on any atom is -0.481 e. The number of hydrogen-bond donors (Lipinski definition) is 1. The second kappa shape index (κ2) is 3.87. The van der Waals surface area contributed by atoms with E-state index in [1.54, 1.807) is 18.3 Å². The fourth-order valence-electron chi connectivity index (χ4n) is 0.976. The van der Waals surface area contributed by atoms with Gasteiger partial charge in [0.15, 0.2) is 0 Å². The molecule has 0 aliphatic heterocycles. The van der Waals surface area contributed by atoms with Gasteiger partial charge in [-0.05, 0) is 13.8 Å². The highest BCUT2D eigenvalue weighted by Crippen LogP contribution is 2.19. The zero-order chi connectivity index (χ0) is 10.0. The second-order valence-corrected chi connectivity index (χ2v) is 4.48. The SMILES string of the molecule is Cc1nc(CC(C)C(=O)O)sc1C. The van der Waals surface area contributed by atoms with E-state index in [9.17, 15) is 4.79 Å². The van der Waals surface area contributed by atoms with Crippen molar-refractivity contribution in [2.24, 2.45) is 5.92 Å². The quantitative estimate of drug-likeness (QED) is 0.810. The van der Waals surface area contributed by atoms with Crippen LogP contribution < -0.4 is 0 Å². The maximum atomic E-state index is 10.6. The van der Waals surface area contributed by atoms with Crippen molar-refractivity contribution in [1.82, 2.24) is 4.98 Å². The molecule has 1 aromatic heterocycles. The van der Waals surface area contributed by atoms with E-state index in [1.165, 1.54) is 4.88 Å². The van der Waals surface area contributed by atoms with Crippen molar-refractivity contribution in [2.75, 3.05) is 0 Å². The molecule has 1 N–H and O–H groups in total. The summed E-state index contributed by atoms with van der Waals surface area (Å²) < 4.78 is 0. The van der Waals surface area contributed by atoms with Crippen LogP contribution in [0.15, 0.2) is 0 Å². The molecule has 0 aromatic carbocycles. The van der Waals surface area contributed by atoms with Gasteiger partial charge in [0.05, 0.1) is 16.6 Å². The lowest BCUT2D eigenvalue weighted by atomic mass is 10.1. The van der Waals surface area contributed by atoms with Gasteiger partial charge in [-0.2, -0.15) is 0 Å². The third-order valence-electron chi connectivity index (χ3n) is 1.98. The topological polar surface area (TPSA) is 50.2 Å². The van der Waals surface area contributed by atoms with Gasteiger partial charge in [-0.1, -0.05) is 6.92 Å². The highest BCUT2D eigenvalue weighted by atomic mass is 32.1. The van der Waals surface area contributed by atoms with E-state index in [4.69, 9.17) is 5.11 Å². The molecule has 1 atom stereocenters. The molecular weight excluding hydrogens is 186 g/mol. The molecule has 0 bridgehead atoms. The summed E-state index contributed by atoms with van der Waals surface area (Å²) in [7, 11) is 0. The van der Waals surface area contributed by atoms with Crippen LogP contribution >= 0.6 is 11.3 Å². The molecule has 0 radical (unpaired) electrons. The highest BCUT2D eigenvalue weighted by molar-refractivity contribution is 7.11. The van der Waals surface area contributed by atoms with Crippen molar-refractivity contribution in [3.63, 3.8) is 0 Å². The minimum atomic E-state index is -0.759. The van der Waals surface area contributed by atoms with Crippen molar-refractivity contribution in [3.8, 4) is 0 Å². The number of aryl methyl sites for hydroxylation is 2. The first-order chi connectivity index (χ1) is 6.00. The first-order valence-electron chi connectivity index (χ1n) is 4.16. The summed E-state index contributed by atoms with van der Waals surface area (Å²) in [4.78, 5) is 16.0. The van der Waals surface area contributed by atoms with Gasteiger partial charge in [-0.3, -0.25) is 4.79 Å². The molecule has 72 valence electrons. The van der Waals surface area contributed by atoms with Crippen molar-refractivity contribution in [1.29, 1.82) is 0 Å². The van der Waals surface area contributed by atoms with Crippen molar-refractivity contribution in [2.45, 2.75) is 27.2 Å². The summed E-state index contributed by atoms with van der Waals surface area (Å²) in [5.41, 5.74) is 1.01. The van der Waals surface area contributed by atoms with Crippen LogP contribution in [-0.4, -0.2) is 16.1 Å². The first-order valence-corrected chi connectivity index (χ1v) is 4.98. The average Bonchev–Trinajstić information content (AvgIpc) is 2.31. The molecule has 0 aliphatic carbocycles. The number of aliphatic carboxylic acids is 1. The first kappa shape index (κ1) is 10.2. The van der Waals surface area contributed by atoms with E-state index in [0.717, 1.165) is 10.7 Å². The maximum Gasteiger partial charge on any atom is 0.306 e. The van der Waals surface area contributed by atoms with E-state index < -0.39 is 5.97 Å². The molecule has 4 heteroatoms. The van der Waals surface area contributed by atoms with Gasteiger partial charge in [0.2, 0.25) is 0 Å². The molecule has 0 aliphatic rings. The Labute approximate surface area is 81.4 Å². The number of carboxylic acids is 1. The van der Waals surface area contributed by atoms with E-state index in [0.29, 0.717) is 6.42 Å². The Morgan fingerprint density at radius 3 is 2.62 bits per heavy atom. The lowest BCUT2D eigenvalue weighted by molar-refractivity contribution is -0.141. The number of nitrogens with zero attached hydrogens (tertiary/aromatic N) is 1. The van der Waals surface area contributed by atoms with Gasteiger partial charge in [-0.15, -0.1) is 11.3 Å². The summed E-state index contributed by atoms with van der Waals surface area (Å²) in [5, 5.41) is 9.62. The maximum absolute atomic E-state index is 10.6. The van der Waals surface area contributed by atoms with Gasteiger partial charge < -0.3 is 5.11 Å². The summed E-state index contributed by atoms with van der Waals surface area (Å²) in [6, 6.07) is 0. The van der Waals surface area contributed by atoms with Crippen LogP contribution in [0.3, 0.4) is 0 Å². The van der Waals surface area contributed by atoms with E-state index in [1.807, 2.05) is 13.8 Å². The standard InChI is InChI=1S/C9H13NO2S/c1-5(9(11)12)4-8-10-6(2)7(3)13-8/h5H,4H2,1-3H3,(H,11,12). The lowest BCUT2D eigenvalue weighted by Gasteiger charge is -2.01. The summed E-state index contributed by atoms with van der Waals surface area (Å²) in [6.45, 7) is 5.65. The average molecular weight is 199 g/mol. The number of hydrogen-bond acceptors (Lipinski definition) is 3. The van der Waals surface area contributed by atoms with Crippen molar-refractivity contribution >= 4 is 17.3 Å². The van der Waals surface area contributed by atoms with Crippen molar-refractivity contribution in [3.05, 3.63) is 15.6 Å². The third kappa shape index (κ3) is 2.52. The molecule has 0 amide bonds. The summed E-state index contributed by atoms with van der Waals surface area (Å²) in [6.07, 6.45) is 0.536. The van der Waals surface area contributed by atoms with Crippen LogP contribution in [0.4, 0.5) is 0 Å². The fraction of sp³-hybridized carbons (Fsp3) is 0.556. The predicted octanol–water partition coefficient (Wildman–Crippen LogP) is 2.02.